The molecule has 1 unspecified atom stereocenters. The molecule has 0 N–H and O–H groups in total. The zero-order valence-electron chi connectivity index (χ0n) is 16.4. The summed E-state index contributed by atoms with van der Waals surface area (Å²) in [6.07, 6.45) is 0.365. The quantitative estimate of drug-likeness (QED) is 0.669. The lowest BCUT2D eigenvalue weighted by molar-refractivity contribution is -0.0246. The molecule has 150 valence electrons. The van der Waals surface area contributed by atoms with Gasteiger partial charge in [0.25, 0.3) is 5.91 Å². The summed E-state index contributed by atoms with van der Waals surface area (Å²) >= 11 is 0. The second-order valence-corrected chi connectivity index (χ2v) is 6.99. The maximum absolute atomic E-state index is 13.5. The first-order valence-electron chi connectivity index (χ1n) is 9.65. The van der Waals surface area contributed by atoms with E-state index in [9.17, 15) is 9.18 Å². The molecule has 3 heterocycles. The first-order chi connectivity index (χ1) is 14.1. The van der Waals surface area contributed by atoms with E-state index in [0.717, 1.165) is 34.8 Å². The molecule has 6 nitrogen and oxygen atoms in total. The highest BCUT2D eigenvalue weighted by atomic mass is 19.1. The molecule has 4 rings (SSSR count). The third-order valence-electron chi connectivity index (χ3n) is 5.04. The zero-order chi connectivity index (χ0) is 20.4. The molecule has 0 aliphatic carbocycles. The molecule has 1 aliphatic rings. The molecule has 0 spiro atoms. The molecule has 0 radical (unpaired) electrons. The van der Waals surface area contributed by atoms with Crippen LogP contribution >= 0.6 is 0 Å². The summed E-state index contributed by atoms with van der Waals surface area (Å²) < 4.78 is 24.8. The Balaban J connectivity index is 1.57. The Kier molecular flexibility index (Phi) is 5.40. The van der Waals surface area contributed by atoms with Crippen molar-refractivity contribution in [1.82, 2.24) is 15.0 Å². The summed E-state index contributed by atoms with van der Waals surface area (Å²) in [5.74, 6) is 0.155. The number of pyridine rings is 1. The minimum absolute atomic E-state index is 0.211. The lowest BCUT2D eigenvalue weighted by atomic mass is 10.1. The Bertz CT molecular complexity index is 1030. The Labute approximate surface area is 168 Å². The molecule has 1 amide bonds. The van der Waals surface area contributed by atoms with Crippen molar-refractivity contribution in [3.8, 4) is 11.3 Å². The van der Waals surface area contributed by atoms with Gasteiger partial charge in [-0.25, -0.2) is 9.37 Å². The molecular weight excluding hydrogens is 373 g/mol. The topological polar surface area (TPSA) is 68.5 Å². The van der Waals surface area contributed by atoms with Crippen molar-refractivity contribution in [2.75, 3.05) is 19.7 Å². The van der Waals surface area contributed by atoms with E-state index in [0.29, 0.717) is 25.3 Å². The second kappa shape index (κ2) is 8.13. The van der Waals surface area contributed by atoms with Crippen LogP contribution in [-0.2, 0) is 11.2 Å². The van der Waals surface area contributed by atoms with Gasteiger partial charge in [-0.3, -0.25) is 4.79 Å². The summed E-state index contributed by atoms with van der Waals surface area (Å²) in [7, 11) is 0. The molecule has 1 saturated heterocycles. The number of carbonyl (C=O) groups is 1. The van der Waals surface area contributed by atoms with E-state index >= 15 is 0 Å². The van der Waals surface area contributed by atoms with Gasteiger partial charge in [0.05, 0.1) is 35.8 Å². The average molecular weight is 395 g/mol. The van der Waals surface area contributed by atoms with Crippen molar-refractivity contribution in [2.45, 2.75) is 26.4 Å². The van der Waals surface area contributed by atoms with Crippen molar-refractivity contribution in [2.24, 2.45) is 0 Å². The van der Waals surface area contributed by atoms with E-state index in [4.69, 9.17) is 14.2 Å². The Morgan fingerprint density at radius 2 is 2.10 bits per heavy atom. The zero-order valence-corrected chi connectivity index (χ0v) is 16.4. The maximum atomic E-state index is 13.5. The number of aryl methyl sites for hydroxylation is 2. The van der Waals surface area contributed by atoms with Crippen LogP contribution < -0.4 is 0 Å². The number of ether oxygens (including phenoxy) is 1. The summed E-state index contributed by atoms with van der Waals surface area (Å²) in [5, 5.41) is 4.05. The van der Waals surface area contributed by atoms with Crippen LogP contribution in [0.5, 0.6) is 0 Å². The van der Waals surface area contributed by atoms with Gasteiger partial charge in [0, 0.05) is 18.5 Å². The molecule has 1 aliphatic heterocycles. The molecular formula is C22H22FN3O3. The number of amides is 1. The van der Waals surface area contributed by atoms with E-state index in [1.807, 2.05) is 32.0 Å². The number of rotatable bonds is 4. The number of carbonyl (C=O) groups excluding carboxylic acids is 1. The molecule has 1 atom stereocenters. The maximum Gasteiger partial charge on any atom is 0.254 e. The van der Waals surface area contributed by atoms with Crippen LogP contribution in [-0.4, -0.2) is 40.6 Å². The van der Waals surface area contributed by atoms with Gasteiger partial charge in [-0.1, -0.05) is 24.2 Å². The van der Waals surface area contributed by atoms with Gasteiger partial charge in [-0.2, -0.15) is 0 Å². The van der Waals surface area contributed by atoms with Crippen LogP contribution in [0.1, 0.15) is 40.5 Å². The van der Waals surface area contributed by atoms with Crippen molar-refractivity contribution in [3.05, 3.63) is 71.0 Å². The van der Waals surface area contributed by atoms with Crippen molar-refractivity contribution in [3.63, 3.8) is 0 Å². The van der Waals surface area contributed by atoms with E-state index in [1.54, 1.807) is 11.0 Å². The third kappa shape index (κ3) is 3.91. The van der Waals surface area contributed by atoms with Gasteiger partial charge in [-0.15, -0.1) is 0 Å². The highest BCUT2D eigenvalue weighted by Crippen LogP contribution is 2.29. The van der Waals surface area contributed by atoms with Gasteiger partial charge in [0.15, 0.2) is 0 Å². The fraction of sp³-hybridized carbons (Fsp3) is 0.318. The molecule has 1 fully saturated rings. The number of morpholine rings is 1. The Morgan fingerprint density at radius 1 is 1.28 bits per heavy atom. The van der Waals surface area contributed by atoms with E-state index in [2.05, 4.69) is 5.16 Å². The summed E-state index contributed by atoms with van der Waals surface area (Å²) in [5.41, 5.74) is 3.54. The first-order valence-corrected chi connectivity index (χ1v) is 9.65. The predicted molar refractivity (Wildman–Crippen MR) is 105 cm³/mol. The Hall–Kier alpha value is -3.06. The molecule has 2 aromatic heterocycles. The monoisotopic (exact) mass is 395 g/mol. The number of hydrogen-bond donors (Lipinski definition) is 0. The normalized spacial score (nSPS) is 16.8. The summed E-state index contributed by atoms with van der Waals surface area (Å²) in [4.78, 5) is 19.2. The second-order valence-electron chi connectivity index (χ2n) is 6.99. The molecule has 29 heavy (non-hydrogen) atoms. The van der Waals surface area contributed by atoms with Crippen molar-refractivity contribution >= 4 is 5.91 Å². The van der Waals surface area contributed by atoms with Gasteiger partial charge in [0.1, 0.15) is 17.7 Å². The van der Waals surface area contributed by atoms with Gasteiger partial charge in [-0.05, 0) is 37.3 Å². The number of hydrogen-bond acceptors (Lipinski definition) is 5. The SMILES string of the molecule is CCc1onc(C)c1-c1cccc(C2CN(C(=O)c3cccc(F)c3)CCO2)n1. The molecule has 0 saturated carbocycles. The number of halogens is 1. The largest absolute Gasteiger partial charge is 0.368 e. The predicted octanol–water partition coefficient (Wildman–Crippen LogP) is 3.96. The van der Waals surface area contributed by atoms with Crippen molar-refractivity contribution < 1.29 is 18.4 Å². The van der Waals surface area contributed by atoms with E-state index in [1.165, 1.54) is 18.2 Å². The van der Waals surface area contributed by atoms with Gasteiger partial charge >= 0.3 is 0 Å². The van der Waals surface area contributed by atoms with Gasteiger partial charge in [0.2, 0.25) is 0 Å². The summed E-state index contributed by atoms with van der Waals surface area (Å²) in [6, 6.07) is 11.5. The van der Waals surface area contributed by atoms with E-state index in [-0.39, 0.29) is 12.0 Å². The molecule has 1 aromatic carbocycles. The van der Waals surface area contributed by atoms with Crippen LogP contribution in [0, 0.1) is 12.7 Å². The Morgan fingerprint density at radius 3 is 2.90 bits per heavy atom. The number of benzene rings is 1. The van der Waals surface area contributed by atoms with E-state index < -0.39 is 5.82 Å². The molecule has 3 aromatic rings. The van der Waals surface area contributed by atoms with Crippen LogP contribution in [0.3, 0.4) is 0 Å². The lowest BCUT2D eigenvalue weighted by Crippen LogP contribution is -2.42. The lowest BCUT2D eigenvalue weighted by Gasteiger charge is -2.33. The van der Waals surface area contributed by atoms with Crippen LogP contribution in [0.25, 0.3) is 11.3 Å². The van der Waals surface area contributed by atoms with Crippen molar-refractivity contribution in [1.29, 1.82) is 0 Å². The molecule has 0 bridgehead atoms. The average Bonchev–Trinajstić information content (AvgIpc) is 3.14. The minimum Gasteiger partial charge on any atom is -0.368 e. The standard InChI is InChI=1S/C22H22FN3O3/c1-3-19-21(14(2)25-29-19)18-9-5-8-17(24-18)20-13-26(10-11-28-20)22(27)15-6-4-7-16(23)12-15/h4-9,12,20H,3,10-11,13H2,1-2H3. The van der Waals surface area contributed by atoms with Crippen LogP contribution in [0.4, 0.5) is 4.39 Å². The third-order valence-corrected chi connectivity index (χ3v) is 5.04. The number of nitrogens with zero attached hydrogens (tertiary/aromatic N) is 3. The number of aromatic nitrogens is 2. The molecule has 7 heteroatoms. The minimum atomic E-state index is -0.425. The van der Waals surface area contributed by atoms with Crippen LogP contribution in [0.2, 0.25) is 0 Å². The highest BCUT2D eigenvalue weighted by Gasteiger charge is 2.28. The highest BCUT2D eigenvalue weighted by molar-refractivity contribution is 5.94. The fourth-order valence-corrected chi connectivity index (χ4v) is 3.57. The van der Waals surface area contributed by atoms with Gasteiger partial charge < -0.3 is 14.2 Å². The first kappa shape index (κ1) is 19.3. The smallest absolute Gasteiger partial charge is 0.254 e. The summed E-state index contributed by atoms with van der Waals surface area (Å²) in [6.45, 7) is 5.10. The van der Waals surface area contributed by atoms with Crippen LogP contribution in [0.15, 0.2) is 47.0 Å². The fourth-order valence-electron chi connectivity index (χ4n) is 3.57.